The first-order valence-corrected chi connectivity index (χ1v) is 8.85. The number of nitrogens with one attached hydrogen (secondary N) is 2. The Morgan fingerprint density at radius 2 is 2.03 bits per heavy atom. The van der Waals surface area contributed by atoms with Gasteiger partial charge < -0.3 is 10.3 Å². The van der Waals surface area contributed by atoms with Gasteiger partial charge in [0.15, 0.2) is 0 Å². The van der Waals surface area contributed by atoms with E-state index in [9.17, 15) is 18.4 Å². The molecule has 4 aromatic rings. The van der Waals surface area contributed by atoms with Gasteiger partial charge in [0.1, 0.15) is 11.7 Å². The topological polar surface area (TPSA) is 103 Å². The smallest absolute Gasteiger partial charge is 0.348 e. The quantitative estimate of drug-likeness (QED) is 0.515. The third-order valence-corrected chi connectivity index (χ3v) is 4.55. The molecule has 0 saturated carbocycles. The monoisotopic (exact) mass is 409 g/mol. The minimum atomic E-state index is -4.54. The summed E-state index contributed by atoms with van der Waals surface area (Å²) in [5.74, 6) is 0.231. The van der Waals surface area contributed by atoms with Crippen molar-refractivity contribution in [2.75, 3.05) is 5.32 Å². The Balaban J connectivity index is 1.77. The second-order valence-corrected chi connectivity index (χ2v) is 6.54. The van der Waals surface area contributed by atoms with E-state index >= 15 is 0 Å². The molecule has 0 spiro atoms. The number of aromatic amines is 1. The van der Waals surface area contributed by atoms with E-state index in [4.69, 9.17) is 0 Å². The predicted molar refractivity (Wildman–Crippen MR) is 103 cm³/mol. The summed E-state index contributed by atoms with van der Waals surface area (Å²) >= 11 is 0. The van der Waals surface area contributed by atoms with Crippen LogP contribution in [0.4, 0.5) is 19.1 Å². The lowest BCUT2D eigenvalue weighted by molar-refractivity contribution is -0.137. The largest absolute Gasteiger partial charge is 0.417 e. The van der Waals surface area contributed by atoms with Crippen LogP contribution in [0.1, 0.15) is 29.7 Å². The SMILES string of the molecule is CC(Nc1ncc(C#N)c(-c2c[nH]c3ncc(C(F)(F)F)cc23)n1)c1cccnc1. The molecule has 4 heterocycles. The fourth-order valence-electron chi connectivity index (χ4n) is 3.00. The number of aromatic nitrogens is 5. The van der Waals surface area contributed by atoms with Crippen molar-refractivity contribution in [3.8, 4) is 17.3 Å². The summed E-state index contributed by atoms with van der Waals surface area (Å²) in [4.78, 5) is 19.3. The number of fused-ring (bicyclic) bond motifs is 1. The van der Waals surface area contributed by atoms with Crippen molar-refractivity contribution in [1.29, 1.82) is 5.26 Å². The van der Waals surface area contributed by atoms with E-state index in [0.717, 1.165) is 17.8 Å². The highest BCUT2D eigenvalue weighted by Gasteiger charge is 2.31. The lowest BCUT2D eigenvalue weighted by atomic mass is 10.1. The van der Waals surface area contributed by atoms with Crippen molar-refractivity contribution in [1.82, 2.24) is 24.9 Å². The maximum Gasteiger partial charge on any atom is 0.417 e. The van der Waals surface area contributed by atoms with Crippen LogP contribution >= 0.6 is 0 Å². The normalized spacial score (nSPS) is 12.5. The number of anilines is 1. The predicted octanol–water partition coefficient (Wildman–Crippen LogP) is 4.48. The van der Waals surface area contributed by atoms with E-state index in [1.54, 1.807) is 18.5 Å². The summed E-state index contributed by atoms with van der Waals surface area (Å²) in [5, 5.41) is 12.8. The molecule has 7 nitrogen and oxygen atoms in total. The van der Waals surface area contributed by atoms with Gasteiger partial charge in [-0.25, -0.2) is 15.0 Å². The van der Waals surface area contributed by atoms with Crippen LogP contribution in [0.3, 0.4) is 0 Å². The zero-order valence-corrected chi connectivity index (χ0v) is 15.6. The molecule has 4 aromatic heterocycles. The fraction of sp³-hybridized carbons (Fsp3) is 0.150. The summed E-state index contributed by atoms with van der Waals surface area (Å²) in [5.41, 5.74) is 0.956. The molecular formula is C20H14F3N7. The molecule has 1 atom stereocenters. The molecule has 1 unspecified atom stereocenters. The zero-order valence-electron chi connectivity index (χ0n) is 15.6. The van der Waals surface area contributed by atoms with Crippen molar-refractivity contribution in [2.24, 2.45) is 0 Å². The lowest BCUT2D eigenvalue weighted by Gasteiger charge is -2.14. The number of halogens is 3. The summed E-state index contributed by atoms with van der Waals surface area (Å²) < 4.78 is 39.4. The highest BCUT2D eigenvalue weighted by atomic mass is 19.4. The molecule has 30 heavy (non-hydrogen) atoms. The number of rotatable bonds is 4. The first-order chi connectivity index (χ1) is 14.4. The standard InChI is InChI=1S/C20H14F3N7/c1-11(12-3-2-4-25-7-12)29-19-28-8-13(6-24)17(30-19)16-10-27-18-15(16)5-14(9-26-18)20(21,22)23/h2-5,7-11H,1H3,(H,26,27)(H,28,29,30). The minimum Gasteiger partial charge on any atom is -0.348 e. The first-order valence-electron chi connectivity index (χ1n) is 8.85. The lowest BCUT2D eigenvalue weighted by Crippen LogP contribution is -2.10. The number of H-pyrrole nitrogens is 1. The van der Waals surface area contributed by atoms with Crippen molar-refractivity contribution in [2.45, 2.75) is 19.1 Å². The molecule has 0 amide bonds. The number of alkyl halides is 3. The van der Waals surface area contributed by atoms with Crippen LogP contribution in [0.5, 0.6) is 0 Å². The molecule has 0 bridgehead atoms. The Morgan fingerprint density at radius 3 is 2.73 bits per heavy atom. The Bertz CT molecular complexity index is 1240. The average Bonchev–Trinajstić information content (AvgIpc) is 3.17. The van der Waals surface area contributed by atoms with Crippen LogP contribution in [-0.2, 0) is 6.18 Å². The number of hydrogen-bond donors (Lipinski definition) is 2. The molecule has 0 fully saturated rings. The van der Waals surface area contributed by atoms with Crippen molar-refractivity contribution < 1.29 is 13.2 Å². The summed E-state index contributed by atoms with van der Waals surface area (Å²) in [6, 6.07) is 6.49. The molecule has 0 aliphatic rings. The maximum absolute atomic E-state index is 13.1. The molecule has 4 rings (SSSR count). The van der Waals surface area contributed by atoms with Gasteiger partial charge in [0.2, 0.25) is 5.95 Å². The Hall–Kier alpha value is -4.00. The first kappa shape index (κ1) is 19.3. The van der Waals surface area contributed by atoms with Gasteiger partial charge in [0, 0.05) is 35.7 Å². The van der Waals surface area contributed by atoms with Gasteiger partial charge in [-0.2, -0.15) is 18.4 Å². The second-order valence-electron chi connectivity index (χ2n) is 6.54. The van der Waals surface area contributed by atoms with E-state index in [-0.39, 0.29) is 34.3 Å². The van der Waals surface area contributed by atoms with E-state index in [1.807, 2.05) is 19.1 Å². The highest BCUT2D eigenvalue weighted by Crippen LogP contribution is 2.34. The Labute approximate surface area is 168 Å². The Kier molecular flexibility index (Phi) is 4.79. The van der Waals surface area contributed by atoms with Crippen LogP contribution in [0.15, 0.2) is 49.2 Å². The zero-order chi connectivity index (χ0) is 21.3. The molecule has 10 heteroatoms. The molecule has 0 aliphatic heterocycles. The Morgan fingerprint density at radius 1 is 1.20 bits per heavy atom. The van der Waals surface area contributed by atoms with Crippen molar-refractivity contribution in [3.63, 3.8) is 0 Å². The number of nitrogens with zero attached hydrogens (tertiary/aromatic N) is 5. The second kappa shape index (κ2) is 7.44. The third kappa shape index (κ3) is 3.65. The van der Waals surface area contributed by atoms with Crippen molar-refractivity contribution in [3.05, 3.63) is 65.9 Å². The van der Waals surface area contributed by atoms with Crippen LogP contribution in [0.25, 0.3) is 22.3 Å². The number of hydrogen-bond acceptors (Lipinski definition) is 6. The molecule has 2 N–H and O–H groups in total. The fourth-order valence-corrected chi connectivity index (χ4v) is 3.00. The van der Waals surface area contributed by atoms with Crippen LogP contribution in [0, 0.1) is 11.3 Å². The number of pyridine rings is 2. The van der Waals surface area contributed by atoms with Gasteiger partial charge in [-0.1, -0.05) is 6.07 Å². The van der Waals surface area contributed by atoms with E-state index in [0.29, 0.717) is 5.56 Å². The van der Waals surface area contributed by atoms with Crippen LogP contribution in [-0.4, -0.2) is 24.9 Å². The van der Waals surface area contributed by atoms with Gasteiger partial charge in [-0.05, 0) is 24.6 Å². The third-order valence-electron chi connectivity index (χ3n) is 4.55. The summed E-state index contributed by atoms with van der Waals surface area (Å²) in [6.45, 7) is 1.89. The molecule has 0 radical (unpaired) electrons. The molecule has 150 valence electrons. The summed E-state index contributed by atoms with van der Waals surface area (Å²) in [6.07, 6.45) is 2.40. The van der Waals surface area contributed by atoms with Gasteiger partial charge in [-0.3, -0.25) is 4.98 Å². The number of nitriles is 1. The molecular weight excluding hydrogens is 395 g/mol. The van der Waals surface area contributed by atoms with Gasteiger partial charge >= 0.3 is 6.18 Å². The van der Waals surface area contributed by atoms with Crippen LogP contribution in [0.2, 0.25) is 0 Å². The van der Waals surface area contributed by atoms with Crippen LogP contribution < -0.4 is 5.32 Å². The highest BCUT2D eigenvalue weighted by molar-refractivity contribution is 5.94. The van der Waals surface area contributed by atoms with Crippen molar-refractivity contribution >= 4 is 17.0 Å². The van der Waals surface area contributed by atoms with Gasteiger partial charge in [0.25, 0.3) is 0 Å². The maximum atomic E-state index is 13.1. The molecule has 0 aromatic carbocycles. The minimum absolute atomic E-state index is 0.132. The van der Waals surface area contributed by atoms with Gasteiger partial charge in [-0.15, -0.1) is 0 Å². The van der Waals surface area contributed by atoms with E-state index in [1.165, 1.54) is 12.4 Å². The van der Waals surface area contributed by atoms with E-state index in [2.05, 4.69) is 30.2 Å². The molecule has 0 saturated heterocycles. The average molecular weight is 409 g/mol. The summed E-state index contributed by atoms with van der Waals surface area (Å²) in [7, 11) is 0. The molecule has 0 aliphatic carbocycles. The van der Waals surface area contributed by atoms with Gasteiger partial charge in [0.05, 0.1) is 29.1 Å². The van der Waals surface area contributed by atoms with E-state index < -0.39 is 11.7 Å².